The predicted octanol–water partition coefficient (Wildman–Crippen LogP) is 5.74. The Balaban J connectivity index is 3.25. The first kappa shape index (κ1) is 22.1. The molecule has 22 heavy (non-hydrogen) atoms. The third-order valence-corrected chi connectivity index (χ3v) is 5.00. The van der Waals surface area contributed by atoms with Gasteiger partial charge in [0.1, 0.15) is 0 Å². The molecule has 0 aliphatic heterocycles. The molecule has 0 fully saturated rings. The zero-order valence-electron chi connectivity index (χ0n) is 14.6. The van der Waals surface area contributed by atoms with Crippen molar-refractivity contribution < 1.29 is 18.2 Å². The van der Waals surface area contributed by atoms with Gasteiger partial charge in [-0.15, -0.1) is 0 Å². The molecule has 0 heterocycles. The summed E-state index contributed by atoms with van der Waals surface area (Å²) >= 11 is 0. The lowest BCUT2D eigenvalue weighted by molar-refractivity contribution is 0.116. The number of phosphoric acid groups is 1. The van der Waals surface area contributed by atoms with Crippen LogP contribution in [0, 0.1) is 0 Å². The molecule has 0 saturated carbocycles. The Morgan fingerprint density at radius 1 is 0.727 bits per heavy atom. The standard InChI is InChI=1S/C16H36NO4P/c1-3-5-6-7-8-9-10-11-12-13-14-15-16-20-22(18,21-17)19-4-2/h3-17H2,1-2H3. The van der Waals surface area contributed by atoms with E-state index in [0.717, 1.165) is 12.8 Å². The van der Waals surface area contributed by atoms with E-state index in [0.29, 0.717) is 6.61 Å². The van der Waals surface area contributed by atoms with Gasteiger partial charge in [-0.25, -0.2) is 15.1 Å². The molecule has 134 valence electrons. The summed E-state index contributed by atoms with van der Waals surface area (Å²) in [7, 11) is -3.50. The van der Waals surface area contributed by atoms with Crippen LogP contribution in [-0.2, 0) is 18.2 Å². The zero-order valence-corrected chi connectivity index (χ0v) is 15.5. The van der Waals surface area contributed by atoms with Gasteiger partial charge in [0.15, 0.2) is 0 Å². The summed E-state index contributed by atoms with van der Waals surface area (Å²) in [6.07, 6.45) is 15.3. The van der Waals surface area contributed by atoms with Crippen LogP contribution >= 0.6 is 7.82 Å². The molecule has 1 atom stereocenters. The van der Waals surface area contributed by atoms with Crippen molar-refractivity contribution in [2.24, 2.45) is 5.90 Å². The smallest absolute Gasteiger partial charge is 0.286 e. The van der Waals surface area contributed by atoms with E-state index >= 15 is 0 Å². The van der Waals surface area contributed by atoms with Gasteiger partial charge < -0.3 is 0 Å². The Morgan fingerprint density at radius 3 is 1.59 bits per heavy atom. The lowest BCUT2D eigenvalue weighted by Gasteiger charge is -2.13. The van der Waals surface area contributed by atoms with E-state index in [9.17, 15) is 4.57 Å². The van der Waals surface area contributed by atoms with Crippen LogP contribution in [0.1, 0.15) is 90.9 Å². The molecule has 0 amide bonds. The number of phosphoric ester groups is 1. The summed E-state index contributed by atoms with van der Waals surface area (Å²) < 4.78 is 26.0. The van der Waals surface area contributed by atoms with E-state index in [1.807, 2.05) is 0 Å². The van der Waals surface area contributed by atoms with Crippen molar-refractivity contribution in [2.45, 2.75) is 90.9 Å². The van der Waals surface area contributed by atoms with Crippen molar-refractivity contribution in [2.75, 3.05) is 13.2 Å². The fourth-order valence-corrected chi connectivity index (χ4v) is 3.24. The normalized spacial score (nSPS) is 14.1. The van der Waals surface area contributed by atoms with Gasteiger partial charge in [0.2, 0.25) is 0 Å². The fraction of sp³-hybridized carbons (Fsp3) is 1.00. The van der Waals surface area contributed by atoms with E-state index in [2.05, 4.69) is 11.5 Å². The van der Waals surface area contributed by atoms with E-state index in [4.69, 9.17) is 14.9 Å². The van der Waals surface area contributed by atoms with Crippen molar-refractivity contribution >= 4 is 7.82 Å². The van der Waals surface area contributed by atoms with E-state index < -0.39 is 7.82 Å². The quantitative estimate of drug-likeness (QED) is 0.208. The summed E-state index contributed by atoms with van der Waals surface area (Å²) in [6.45, 7) is 4.60. The average Bonchev–Trinajstić information content (AvgIpc) is 2.52. The van der Waals surface area contributed by atoms with Gasteiger partial charge in [-0.1, -0.05) is 77.6 Å². The predicted molar refractivity (Wildman–Crippen MR) is 91.5 cm³/mol. The van der Waals surface area contributed by atoms with Crippen LogP contribution in [0.25, 0.3) is 0 Å². The molecule has 2 N–H and O–H groups in total. The number of hydrogen-bond acceptors (Lipinski definition) is 5. The van der Waals surface area contributed by atoms with Crippen molar-refractivity contribution in [3.8, 4) is 0 Å². The van der Waals surface area contributed by atoms with Crippen LogP contribution < -0.4 is 5.90 Å². The Labute approximate surface area is 136 Å². The highest BCUT2D eigenvalue weighted by molar-refractivity contribution is 7.48. The number of unbranched alkanes of at least 4 members (excludes halogenated alkanes) is 11. The lowest BCUT2D eigenvalue weighted by atomic mass is 10.1. The molecular formula is C16H36NO4P. The molecule has 0 aliphatic rings. The first-order valence-electron chi connectivity index (χ1n) is 8.96. The molecule has 5 nitrogen and oxygen atoms in total. The third-order valence-electron chi connectivity index (χ3n) is 3.66. The monoisotopic (exact) mass is 337 g/mol. The van der Waals surface area contributed by atoms with Gasteiger partial charge in [0, 0.05) is 0 Å². The minimum absolute atomic E-state index is 0.257. The van der Waals surface area contributed by atoms with Crippen LogP contribution in [0.3, 0.4) is 0 Å². The van der Waals surface area contributed by atoms with Crippen LogP contribution in [-0.4, -0.2) is 13.2 Å². The van der Waals surface area contributed by atoms with Gasteiger partial charge in [-0.2, -0.15) is 0 Å². The van der Waals surface area contributed by atoms with E-state index in [1.54, 1.807) is 6.92 Å². The van der Waals surface area contributed by atoms with Crippen LogP contribution in [0.15, 0.2) is 0 Å². The SMILES string of the molecule is CCCCCCCCCCCCCCOP(=O)(ON)OCC. The Hall–Kier alpha value is 0.0700. The molecule has 0 saturated heterocycles. The van der Waals surface area contributed by atoms with Crippen molar-refractivity contribution in [1.82, 2.24) is 0 Å². The minimum Gasteiger partial charge on any atom is -0.286 e. The van der Waals surface area contributed by atoms with Gasteiger partial charge >= 0.3 is 7.82 Å². The highest BCUT2D eigenvalue weighted by Gasteiger charge is 2.24. The Bertz CT molecular complexity index is 277. The summed E-state index contributed by atoms with van der Waals surface area (Å²) in [5.74, 6) is 4.93. The van der Waals surface area contributed by atoms with Gasteiger partial charge in [-0.05, 0) is 13.3 Å². The molecule has 0 radical (unpaired) electrons. The van der Waals surface area contributed by atoms with Crippen molar-refractivity contribution in [3.63, 3.8) is 0 Å². The molecule has 0 aromatic carbocycles. The highest BCUT2D eigenvalue weighted by atomic mass is 31.2. The second-order valence-electron chi connectivity index (χ2n) is 5.69. The maximum atomic E-state index is 11.7. The lowest BCUT2D eigenvalue weighted by Crippen LogP contribution is -2.05. The zero-order chi connectivity index (χ0) is 16.5. The van der Waals surface area contributed by atoms with Crippen molar-refractivity contribution in [3.05, 3.63) is 0 Å². The van der Waals surface area contributed by atoms with E-state index in [1.165, 1.54) is 64.2 Å². The van der Waals surface area contributed by atoms with Crippen molar-refractivity contribution in [1.29, 1.82) is 0 Å². The average molecular weight is 337 g/mol. The molecule has 0 aromatic rings. The first-order valence-corrected chi connectivity index (χ1v) is 10.4. The van der Waals surface area contributed by atoms with Crippen LogP contribution in [0.2, 0.25) is 0 Å². The summed E-state index contributed by atoms with van der Waals surface area (Å²) in [4.78, 5) is 0. The van der Waals surface area contributed by atoms with Crippen LogP contribution in [0.4, 0.5) is 0 Å². The second kappa shape index (κ2) is 15.9. The summed E-state index contributed by atoms with van der Waals surface area (Å²) in [5.41, 5.74) is 0. The van der Waals surface area contributed by atoms with Gasteiger partial charge in [-0.3, -0.25) is 9.05 Å². The van der Waals surface area contributed by atoms with E-state index in [-0.39, 0.29) is 6.61 Å². The molecule has 0 bridgehead atoms. The largest absolute Gasteiger partial charge is 0.491 e. The number of rotatable bonds is 17. The van der Waals surface area contributed by atoms with Gasteiger partial charge in [0.05, 0.1) is 13.2 Å². The summed E-state index contributed by atoms with van der Waals surface area (Å²) in [6, 6.07) is 0. The molecule has 0 rings (SSSR count). The number of hydrogen-bond donors (Lipinski definition) is 1. The Morgan fingerprint density at radius 2 is 1.18 bits per heavy atom. The topological polar surface area (TPSA) is 70.8 Å². The first-order chi connectivity index (χ1) is 10.7. The Kier molecular flexibility index (Phi) is 16.0. The molecular weight excluding hydrogens is 301 g/mol. The maximum absolute atomic E-state index is 11.7. The highest BCUT2D eigenvalue weighted by Crippen LogP contribution is 2.47. The fourth-order valence-electron chi connectivity index (χ4n) is 2.38. The summed E-state index contributed by atoms with van der Waals surface area (Å²) in [5, 5.41) is 0. The number of nitrogens with two attached hydrogens (primary N) is 1. The third kappa shape index (κ3) is 13.7. The maximum Gasteiger partial charge on any atom is 0.491 e. The molecule has 6 heteroatoms. The molecule has 1 unspecified atom stereocenters. The second-order valence-corrected chi connectivity index (χ2v) is 7.31. The van der Waals surface area contributed by atoms with Crippen LogP contribution in [0.5, 0.6) is 0 Å². The molecule has 0 spiro atoms. The molecule has 0 aliphatic carbocycles. The van der Waals surface area contributed by atoms with Gasteiger partial charge in [0.25, 0.3) is 0 Å². The minimum atomic E-state index is -3.50. The molecule has 0 aromatic heterocycles.